The fraction of sp³-hybridized carbons (Fsp3) is 0.0870. The van der Waals surface area contributed by atoms with E-state index in [4.69, 9.17) is 21.2 Å². The molecule has 4 aromatic rings. The molecule has 32 heavy (non-hydrogen) atoms. The van der Waals surface area contributed by atoms with Crippen molar-refractivity contribution in [2.45, 2.75) is 13.3 Å². The molecule has 0 spiro atoms. The average Bonchev–Trinajstić information content (AvgIpc) is 2.78. The first kappa shape index (κ1) is 21.5. The number of aromatic nitrogens is 2. The largest absolute Gasteiger partial charge is 0.437 e. The summed E-state index contributed by atoms with van der Waals surface area (Å²) in [4.78, 5) is 26.5. The number of nitrogens with zero attached hydrogens (tertiary/aromatic N) is 3. The molecule has 0 aliphatic heterocycles. The highest BCUT2D eigenvalue weighted by Gasteiger charge is 2.21. The maximum Gasteiger partial charge on any atom is 0.259 e. The van der Waals surface area contributed by atoms with E-state index in [0.717, 1.165) is 17.2 Å². The molecule has 1 aromatic heterocycles. The summed E-state index contributed by atoms with van der Waals surface area (Å²) in [6, 6.07) is 14.3. The predicted octanol–water partition coefficient (Wildman–Crippen LogP) is 6.09. The van der Waals surface area contributed by atoms with E-state index < -0.39 is 17.5 Å². The molecule has 9 heteroatoms. The average molecular weight is 456 g/mol. The zero-order chi connectivity index (χ0) is 22.7. The summed E-state index contributed by atoms with van der Waals surface area (Å²) in [5.74, 6) is -1.19. The van der Waals surface area contributed by atoms with E-state index >= 15 is 0 Å². The van der Waals surface area contributed by atoms with Gasteiger partial charge in [-0.2, -0.15) is 0 Å². The van der Waals surface area contributed by atoms with Crippen molar-refractivity contribution >= 4 is 34.2 Å². The number of carbonyl (C=O) groups excluding carboxylic acids is 1. The van der Waals surface area contributed by atoms with Crippen molar-refractivity contribution in [3.05, 3.63) is 83.5 Å². The fourth-order valence-electron chi connectivity index (χ4n) is 2.83. The second-order valence-corrected chi connectivity index (χ2v) is 7.08. The minimum absolute atomic E-state index is 0.0594. The first-order valence-electron chi connectivity index (χ1n) is 9.59. The van der Waals surface area contributed by atoms with Crippen LogP contribution in [0.15, 0.2) is 66.9 Å². The topological polar surface area (TPSA) is 64.6 Å². The van der Waals surface area contributed by atoms with Gasteiger partial charge in [-0.25, -0.2) is 18.7 Å². The van der Waals surface area contributed by atoms with Crippen LogP contribution in [0.2, 0.25) is 5.02 Å². The van der Waals surface area contributed by atoms with Crippen LogP contribution in [-0.2, 0) is 4.79 Å². The Bertz CT molecular complexity index is 1290. The van der Waals surface area contributed by atoms with Crippen molar-refractivity contribution in [1.82, 2.24) is 9.97 Å². The van der Waals surface area contributed by atoms with Crippen LogP contribution in [0.5, 0.6) is 17.4 Å². The van der Waals surface area contributed by atoms with Gasteiger partial charge >= 0.3 is 0 Å². The maximum atomic E-state index is 14.2. The van der Waals surface area contributed by atoms with Gasteiger partial charge in [0.25, 0.3) is 5.91 Å². The van der Waals surface area contributed by atoms with E-state index in [0.29, 0.717) is 27.9 Å². The number of carbonyl (C=O) groups is 1. The molecule has 3 aromatic carbocycles. The lowest BCUT2D eigenvalue weighted by Crippen LogP contribution is -2.34. The Kier molecular flexibility index (Phi) is 6.13. The minimum atomic E-state index is -0.914. The van der Waals surface area contributed by atoms with Gasteiger partial charge in [-0.05, 0) is 54.6 Å². The molecular weight excluding hydrogens is 440 g/mol. The highest BCUT2D eigenvalue weighted by atomic mass is 35.5. The summed E-state index contributed by atoms with van der Waals surface area (Å²) in [7, 11) is 0. The number of hydroxylamine groups is 1. The van der Waals surface area contributed by atoms with E-state index in [1.54, 1.807) is 49.4 Å². The third-order valence-corrected chi connectivity index (χ3v) is 4.62. The van der Waals surface area contributed by atoms with Crippen LogP contribution in [0, 0.1) is 11.6 Å². The molecular formula is C23H16ClF2N3O3. The molecule has 1 amide bonds. The lowest BCUT2D eigenvalue weighted by molar-refractivity contribution is -0.122. The molecule has 0 saturated carbocycles. The number of rotatable bonds is 6. The van der Waals surface area contributed by atoms with Crippen LogP contribution in [0.3, 0.4) is 0 Å². The maximum absolute atomic E-state index is 14.2. The van der Waals surface area contributed by atoms with Crippen molar-refractivity contribution in [1.29, 1.82) is 0 Å². The van der Waals surface area contributed by atoms with E-state index in [1.165, 1.54) is 6.20 Å². The number of ether oxygens (including phenoxy) is 1. The van der Waals surface area contributed by atoms with Crippen molar-refractivity contribution < 1.29 is 23.1 Å². The summed E-state index contributed by atoms with van der Waals surface area (Å²) in [5, 5.41) is 1.36. The highest BCUT2D eigenvalue weighted by molar-refractivity contribution is 6.31. The molecule has 1 heterocycles. The van der Waals surface area contributed by atoms with Crippen LogP contribution in [0.1, 0.15) is 13.3 Å². The Morgan fingerprint density at radius 3 is 2.47 bits per heavy atom. The molecule has 0 radical (unpaired) electrons. The lowest BCUT2D eigenvalue weighted by Gasteiger charge is -2.22. The van der Waals surface area contributed by atoms with E-state index in [2.05, 4.69) is 9.97 Å². The van der Waals surface area contributed by atoms with Crippen LogP contribution >= 0.6 is 11.6 Å². The summed E-state index contributed by atoms with van der Waals surface area (Å²) in [6.07, 6.45) is 1.53. The molecule has 4 rings (SSSR count). The summed E-state index contributed by atoms with van der Waals surface area (Å²) in [5.41, 5.74) is 1.08. The van der Waals surface area contributed by atoms with Gasteiger partial charge in [0.2, 0.25) is 5.88 Å². The van der Waals surface area contributed by atoms with Gasteiger partial charge in [0.1, 0.15) is 17.3 Å². The molecule has 162 valence electrons. The number of amides is 1. The smallest absolute Gasteiger partial charge is 0.259 e. The Hall–Kier alpha value is -3.78. The second kappa shape index (κ2) is 9.15. The molecule has 0 atom stereocenters. The van der Waals surface area contributed by atoms with Crippen molar-refractivity contribution in [2.24, 2.45) is 0 Å². The Labute approximate surface area is 186 Å². The van der Waals surface area contributed by atoms with Gasteiger partial charge in [0.15, 0.2) is 11.6 Å². The van der Waals surface area contributed by atoms with Gasteiger partial charge < -0.3 is 9.57 Å². The first-order valence-corrected chi connectivity index (χ1v) is 9.97. The van der Waals surface area contributed by atoms with Crippen molar-refractivity contribution in [3.63, 3.8) is 0 Å². The zero-order valence-corrected chi connectivity index (χ0v) is 17.5. The van der Waals surface area contributed by atoms with Crippen LogP contribution in [0.25, 0.3) is 11.0 Å². The number of anilines is 1. The standard InChI is InChI=1S/C23H16ClF2N3O3/c1-2-23(30)29(21-10-4-15(25)12-18(21)26)32-17-7-5-16(6-8-17)31-22-13-27-20-11-14(24)3-9-19(20)28-22/h3-13H,2H2,1H3. The summed E-state index contributed by atoms with van der Waals surface area (Å²) < 4.78 is 33.1. The quantitative estimate of drug-likeness (QED) is 0.329. The molecule has 0 N–H and O–H groups in total. The van der Waals surface area contributed by atoms with Gasteiger partial charge in [0.05, 0.1) is 17.2 Å². The van der Waals surface area contributed by atoms with Crippen molar-refractivity contribution in [2.75, 3.05) is 5.06 Å². The second-order valence-electron chi connectivity index (χ2n) is 6.64. The molecule has 0 aliphatic carbocycles. The first-order chi connectivity index (χ1) is 15.4. The van der Waals surface area contributed by atoms with E-state index in [-0.39, 0.29) is 23.7 Å². The Balaban J connectivity index is 1.52. The third kappa shape index (κ3) is 4.76. The zero-order valence-electron chi connectivity index (χ0n) is 16.8. The normalized spacial score (nSPS) is 10.8. The van der Waals surface area contributed by atoms with Crippen LogP contribution in [0.4, 0.5) is 14.5 Å². The predicted molar refractivity (Wildman–Crippen MR) is 116 cm³/mol. The SMILES string of the molecule is CCC(=O)N(Oc1ccc(Oc2cnc3cc(Cl)ccc3n2)cc1)c1ccc(F)cc1F. The van der Waals surface area contributed by atoms with Gasteiger partial charge in [-0.1, -0.05) is 18.5 Å². The summed E-state index contributed by atoms with van der Waals surface area (Å²) in [6.45, 7) is 1.61. The molecule has 0 unspecified atom stereocenters. The highest BCUT2D eigenvalue weighted by Crippen LogP contribution is 2.27. The van der Waals surface area contributed by atoms with Crippen LogP contribution < -0.4 is 14.6 Å². The number of hydrogen-bond donors (Lipinski definition) is 0. The number of hydrogen-bond acceptors (Lipinski definition) is 5. The van der Waals surface area contributed by atoms with Gasteiger partial charge in [-0.3, -0.25) is 4.79 Å². The number of benzene rings is 3. The molecule has 0 fully saturated rings. The fourth-order valence-corrected chi connectivity index (χ4v) is 3.00. The molecule has 6 nitrogen and oxygen atoms in total. The van der Waals surface area contributed by atoms with Crippen LogP contribution in [-0.4, -0.2) is 15.9 Å². The Morgan fingerprint density at radius 2 is 1.75 bits per heavy atom. The molecule has 0 saturated heterocycles. The molecule has 0 bridgehead atoms. The number of fused-ring (bicyclic) bond motifs is 1. The van der Waals surface area contributed by atoms with Gasteiger partial charge in [0, 0.05) is 17.5 Å². The minimum Gasteiger partial charge on any atom is -0.437 e. The Morgan fingerprint density at radius 1 is 1.00 bits per heavy atom. The summed E-state index contributed by atoms with van der Waals surface area (Å²) >= 11 is 5.95. The third-order valence-electron chi connectivity index (χ3n) is 4.38. The molecule has 0 aliphatic rings. The van der Waals surface area contributed by atoms with E-state index in [1.807, 2.05) is 0 Å². The van der Waals surface area contributed by atoms with Crippen molar-refractivity contribution in [3.8, 4) is 17.4 Å². The number of halogens is 3. The van der Waals surface area contributed by atoms with E-state index in [9.17, 15) is 13.6 Å². The lowest BCUT2D eigenvalue weighted by atomic mass is 10.2. The monoisotopic (exact) mass is 455 g/mol. The van der Waals surface area contributed by atoms with Gasteiger partial charge in [-0.15, -0.1) is 5.06 Å².